The number of hydrogen-bond acceptors (Lipinski definition) is 4. The van der Waals surface area contributed by atoms with E-state index in [1.165, 1.54) is 7.11 Å². The van der Waals surface area contributed by atoms with E-state index in [0.29, 0.717) is 19.5 Å². The minimum atomic E-state index is -0.245. The minimum Gasteiger partial charge on any atom is -0.469 e. The van der Waals surface area contributed by atoms with Gasteiger partial charge in [0.05, 0.1) is 19.1 Å². The third-order valence-electron chi connectivity index (χ3n) is 2.08. The van der Waals surface area contributed by atoms with E-state index in [9.17, 15) is 4.79 Å². The number of esters is 1. The van der Waals surface area contributed by atoms with Crippen LogP contribution >= 0.6 is 0 Å². The summed E-state index contributed by atoms with van der Waals surface area (Å²) in [5, 5.41) is 6.58. The Morgan fingerprint density at radius 3 is 3.08 bits per heavy atom. The maximum atomic E-state index is 11.1. The van der Waals surface area contributed by atoms with E-state index in [2.05, 4.69) is 20.1 Å². The maximum Gasteiger partial charge on any atom is 0.309 e. The zero-order valence-electron chi connectivity index (χ0n) is 7.43. The number of rotatable bonds is 2. The molecule has 1 heterocycles. The molecular formula is C7H12N4O2. The lowest BCUT2D eigenvalue weighted by Gasteiger charge is -2.25. The van der Waals surface area contributed by atoms with Crippen molar-refractivity contribution in [1.29, 1.82) is 0 Å². The van der Waals surface area contributed by atoms with Crippen LogP contribution in [0.4, 0.5) is 0 Å². The summed E-state index contributed by atoms with van der Waals surface area (Å²) in [6, 6.07) is -0.136. The Morgan fingerprint density at radius 1 is 1.69 bits per heavy atom. The lowest BCUT2D eigenvalue weighted by Crippen LogP contribution is -2.41. The second-order valence-corrected chi connectivity index (χ2v) is 2.97. The molecule has 72 valence electrons. The highest BCUT2D eigenvalue weighted by Crippen LogP contribution is 2.14. The highest BCUT2D eigenvalue weighted by molar-refractivity contribution is 5.72. The monoisotopic (exact) mass is 184 g/mol. The molecule has 6 nitrogen and oxygen atoms in total. The number of nitrogens with zero attached hydrogens (tertiary/aromatic N) is 3. The molecule has 2 atom stereocenters. The molecule has 0 saturated carbocycles. The van der Waals surface area contributed by atoms with Crippen LogP contribution in [-0.4, -0.2) is 32.2 Å². The Bertz CT molecular complexity index is 237. The summed E-state index contributed by atoms with van der Waals surface area (Å²) in [5.74, 6) is -0.431. The first-order valence-electron chi connectivity index (χ1n) is 4.10. The van der Waals surface area contributed by atoms with Crippen LogP contribution < -0.4 is 5.32 Å². The van der Waals surface area contributed by atoms with Gasteiger partial charge in [-0.2, -0.15) is 0 Å². The summed E-state index contributed by atoms with van der Waals surface area (Å²) in [5.41, 5.74) is 8.21. The summed E-state index contributed by atoms with van der Waals surface area (Å²) in [4.78, 5) is 13.8. The number of azide groups is 1. The molecule has 0 unspecified atom stereocenters. The summed E-state index contributed by atoms with van der Waals surface area (Å²) in [6.45, 7) is 1.24. The van der Waals surface area contributed by atoms with Crippen molar-refractivity contribution in [2.75, 3.05) is 20.2 Å². The van der Waals surface area contributed by atoms with Crippen molar-refractivity contribution < 1.29 is 9.53 Å². The van der Waals surface area contributed by atoms with E-state index in [0.717, 1.165) is 0 Å². The summed E-state index contributed by atoms with van der Waals surface area (Å²) < 4.78 is 4.60. The topological polar surface area (TPSA) is 87.1 Å². The summed E-state index contributed by atoms with van der Waals surface area (Å²) in [6.07, 6.45) is 0.573. The molecule has 1 aliphatic heterocycles. The number of carbonyl (C=O) groups excluding carboxylic acids is 1. The predicted molar refractivity (Wildman–Crippen MR) is 45.9 cm³/mol. The molecule has 0 amide bonds. The largest absolute Gasteiger partial charge is 0.469 e. The Hall–Kier alpha value is -1.26. The molecule has 1 N–H and O–H groups in total. The van der Waals surface area contributed by atoms with Gasteiger partial charge in [-0.3, -0.25) is 4.79 Å². The second kappa shape index (κ2) is 4.69. The Morgan fingerprint density at radius 2 is 2.46 bits per heavy atom. The van der Waals surface area contributed by atoms with E-state index < -0.39 is 0 Å². The number of ether oxygens (including phenoxy) is 1. The van der Waals surface area contributed by atoms with Gasteiger partial charge in [0.2, 0.25) is 0 Å². The number of hydrogen-bond donors (Lipinski definition) is 1. The molecule has 0 aromatic rings. The van der Waals surface area contributed by atoms with Crippen molar-refractivity contribution >= 4 is 5.97 Å². The molecule has 0 spiro atoms. The van der Waals surface area contributed by atoms with Crippen molar-refractivity contribution in [3.63, 3.8) is 0 Å². The molecule has 1 rings (SSSR count). The summed E-state index contributed by atoms with van der Waals surface area (Å²) in [7, 11) is 1.36. The molecule has 1 aliphatic rings. The lowest BCUT2D eigenvalue weighted by molar-refractivity contribution is -0.146. The molecule has 0 aliphatic carbocycles. The van der Waals surface area contributed by atoms with Gasteiger partial charge in [-0.25, -0.2) is 0 Å². The standard InChI is InChI=1S/C7H12N4O2/c1-13-7(12)5-2-6(10-11-8)4-9-3-5/h5-6,9H,2-4H2,1H3/t5-,6+/m1/s1. The smallest absolute Gasteiger partial charge is 0.309 e. The van der Waals surface area contributed by atoms with Crippen LogP contribution in [0.3, 0.4) is 0 Å². The molecule has 0 aromatic heterocycles. The van der Waals surface area contributed by atoms with Crippen LogP contribution in [0.5, 0.6) is 0 Å². The van der Waals surface area contributed by atoms with E-state index >= 15 is 0 Å². The lowest BCUT2D eigenvalue weighted by atomic mass is 9.96. The zero-order chi connectivity index (χ0) is 9.68. The van der Waals surface area contributed by atoms with E-state index in [1.807, 2.05) is 0 Å². The van der Waals surface area contributed by atoms with Gasteiger partial charge in [0, 0.05) is 18.0 Å². The average Bonchev–Trinajstić information content (AvgIpc) is 2.18. The van der Waals surface area contributed by atoms with Gasteiger partial charge in [0.25, 0.3) is 0 Å². The van der Waals surface area contributed by atoms with Crippen molar-refractivity contribution in [3.8, 4) is 0 Å². The molecular weight excluding hydrogens is 172 g/mol. The van der Waals surface area contributed by atoms with Crippen molar-refractivity contribution in [3.05, 3.63) is 10.4 Å². The molecule has 13 heavy (non-hydrogen) atoms. The SMILES string of the molecule is COC(=O)[C@H]1CNC[C@@H](N=[N+]=[N-])C1. The highest BCUT2D eigenvalue weighted by Gasteiger charge is 2.26. The van der Waals surface area contributed by atoms with E-state index in [-0.39, 0.29) is 17.9 Å². The minimum absolute atomic E-state index is 0.136. The van der Waals surface area contributed by atoms with Crippen molar-refractivity contribution in [2.45, 2.75) is 12.5 Å². The summed E-state index contributed by atoms with van der Waals surface area (Å²) >= 11 is 0. The average molecular weight is 184 g/mol. The predicted octanol–water partition coefficient (Wildman–Crippen LogP) is 0.448. The van der Waals surface area contributed by atoms with Gasteiger partial charge < -0.3 is 10.1 Å². The molecule has 6 heteroatoms. The third-order valence-corrected chi connectivity index (χ3v) is 2.08. The number of carbonyl (C=O) groups is 1. The number of piperidine rings is 1. The van der Waals surface area contributed by atoms with E-state index in [1.54, 1.807) is 0 Å². The Kier molecular flexibility index (Phi) is 3.54. The number of methoxy groups -OCH3 is 1. The maximum absolute atomic E-state index is 11.1. The fourth-order valence-electron chi connectivity index (χ4n) is 1.43. The van der Waals surface area contributed by atoms with Crippen LogP contribution in [-0.2, 0) is 9.53 Å². The molecule has 0 aromatic carbocycles. The molecule has 1 saturated heterocycles. The quantitative estimate of drug-likeness (QED) is 0.292. The molecule has 1 fully saturated rings. The molecule has 0 radical (unpaired) electrons. The highest BCUT2D eigenvalue weighted by atomic mass is 16.5. The first-order valence-corrected chi connectivity index (χ1v) is 4.10. The zero-order valence-corrected chi connectivity index (χ0v) is 7.43. The van der Waals surface area contributed by atoms with Crippen LogP contribution in [0.15, 0.2) is 5.11 Å². The number of nitrogens with one attached hydrogen (secondary N) is 1. The van der Waals surface area contributed by atoms with Crippen LogP contribution in [0.2, 0.25) is 0 Å². The first kappa shape index (κ1) is 9.83. The van der Waals surface area contributed by atoms with Gasteiger partial charge in [0.15, 0.2) is 0 Å². The second-order valence-electron chi connectivity index (χ2n) is 2.97. The Balaban J connectivity index is 2.50. The van der Waals surface area contributed by atoms with Crippen LogP contribution in [0.1, 0.15) is 6.42 Å². The van der Waals surface area contributed by atoms with E-state index in [4.69, 9.17) is 5.53 Å². The Labute approximate surface area is 75.9 Å². The van der Waals surface area contributed by atoms with Crippen LogP contribution in [0.25, 0.3) is 10.4 Å². The van der Waals surface area contributed by atoms with Crippen LogP contribution in [0, 0.1) is 5.92 Å². The van der Waals surface area contributed by atoms with Gasteiger partial charge in [-0.15, -0.1) is 0 Å². The van der Waals surface area contributed by atoms with Crippen molar-refractivity contribution in [1.82, 2.24) is 5.32 Å². The molecule has 0 bridgehead atoms. The van der Waals surface area contributed by atoms with Crippen molar-refractivity contribution in [2.24, 2.45) is 11.0 Å². The van der Waals surface area contributed by atoms with Gasteiger partial charge in [-0.1, -0.05) is 5.11 Å². The normalized spacial score (nSPS) is 27.5. The fourth-order valence-corrected chi connectivity index (χ4v) is 1.43. The van der Waals surface area contributed by atoms with Gasteiger partial charge >= 0.3 is 5.97 Å². The third kappa shape index (κ3) is 2.61. The first-order chi connectivity index (χ1) is 6.27. The fraction of sp³-hybridized carbons (Fsp3) is 0.857. The van der Waals surface area contributed by atoms with Gasteiger partial charge in [0.1, 0.15) is 0 Å². The van der Waals surface area contributed by atoms with Gasteiger partial charge in [-0.05, 0) is 12.0 Å².